The number of benzene rings is 2. The summed E-state index contributed by atoms with van der Waals surface area (Å²) in [5.74, 6) is 1.23. The molecular formula is C21H24FNO3. The lowest BCUT2D eigenvalue weighted by Crippen LogP contribution is -2.39. The third kappa shape index (κ3) is 4.15. The van der Waals surface area contributed by atoms with E-state index in [1.807, 2.05) is 12.1 Å². The van der Waals surface area contributed by atoms with Crippen molar-refractivity contribution >= 4 is 5.91 Å². The fraction of sp³-hybridized carbons (Fsp3) is 0.381. The van der Waals surface area contributed by atoms with Gasteiger partial charge in [-0.05, 0) is 61.1 Å². The van der Waals surface area contributed by atoms with Crippen molar-refractivity contribution in [3.63, 3.8) is 0 Å². The minimum Gasteiger partial charge on any atom is -0.497 e. The zero-order valence-electron chi connectivity index (χ0n) is 15.2. The largest absolute Gasteiger partial charge is 0.497 e. The molecule has 2 aromatic carbocycles. The molecular weight excluding hydrogens is 333 g/mol. The second-order valence-electron chi connectivity index (χ2n) is 6.63. The molecule has 0 unspecified atom stereocenters. The lowest BCUT2D eigenvalue weighted by Gasteiger charge is -2.32. The lowest BCUT2D eigenvalue weighted by molar-refractivity contribution is 0.0686. The minimum atomic E-state index is -0.427. The van der Waals surface area contributed by atoms with E-state index in [0.717, 1.165) is 25.0 Å². The van der Waals surface area contributed by atoms with E-state index in [4.69, 9.17) is 9.47 Å². The molecule has 0 aliphatic carbocycles. The first kappa shape index (κ1) is 18.2. The van der Waals surface area contributed by atoms with Crippen LogP contribution in [0, 0.1) is 11.7 Å². The van der Waals surface area contributed by atoms with Gasteiger partial charge in [0.15, 0.2) is 0 Å². The van der Waals surface area contributed by atoms with Crippen LogP contribution in [0.4, 0.5) is 4.39 Å². The average Bonchev–Trinajstić information content (AvgIpc) is 2.68. The molecule has 0 aromatic heterocycles. The molecule has 1 saturated heterocycles. The fourth-order valence-electron chi connectivity index (χ4n) is 3.45. The van der Waals surface area contributed by atoms with E-state index in [1.165, 1.54) is 30.9 Å². The van der Waals surface area contributed by atoms with Gasteiger partial charge in [-0.15, -0.1) is 0 Å². The molecule has 26 heavy (non-hydrogen) atoms. The van der Waals surface area contributed by atoms with Gasteiger partial charge in [0.05, 0.1) is 19.8 Å². The number of methoxy groups -OCH3 is 2. The van der Waals surface area contributed by atoms with E-state index in [1.54, 1.807) is 12.0 Å². The molecule has 5 heteroatoms. The predicted molar refractivity (Wildman–Crippen MR) is 98.3 cm³/mol. The van der Waals surface area contributed by atoms with Gasteiger partial charge in [-0.3, -0.25) is 4.79 Å². The van der Waals surface area contributed by atoms with Crippen molar-refractivity contribution in [1.29, 1.82) is 0 Å². The Morgan fingerprint density at radius 2 is 1.77 bits per heavy atom. The minimum absolute atomic E-state index is 0.163. The van der Waals surface area contributed by atoms with Crippen LogP contribution in [0.1, 0.15) is 28.8 Å². The topological polar surface area (TPSA) is 38.8 Å². The van der Waals surface area contributed by atoms with Crippen LogP contribution in [-0.4, -0.2) is 38.1 Å². The summed E-state index contributed by atoms with van der Waals surface area (Å²) in [6.45, 7) is 1.36. The maximum Gasteiger partial charge on any atom is 0.257 e. The van der Waals surface area contributed by atoms with Crippen molar-refractivity contribution in [2.75, 3.05) is 27.3 Å². The summed E-state index contributed by atoms with van der Waals surface area (Å²) < 4.78 is 23.9. The summed E-state index contributed by atoms with van der Waals surface area (Å²) in [4.78, 5) is 14.5. The highest BCUT2D eigenvalue weighted by Crippen LogP contribution is 2.26. The zero-order valence-corrected chi connectivity index (χ0v) is 15.2. The Bertz CT molecular complexity index is 752. The van der Waals surface area contributed by atoms with Gasteiger partial charge in [0.2, 0.25) is 0 Å². The summed E-state index contributed by atoms with van der Waals surface area (Å²) >= 11 is 0. The number of nitrogens with zero attached hydrogens (tertiary/aromatic N) is 1. The lowest BCUT2D eigenvalue weighted by atomic mass is 9.90. The van der Waals surface area contributed by atoms with Gasteiger partial charge in [0.1, 0.15) is 17.3 Å². The van der Waals surface area contributed by atoms with E-state index < -0.39 is 5.82 Å². The fourth-order valence-corrected chi connectivity index (χ4v) is 3.45. The molecule has 0 bridgehead atoms. The Kier molecular flexibility index (Phi) is 5.76. The third-order valence-electron chi connectivity index (χ3n) is 4.98. The summed E-state index contributed by atoms with van der Waals surface area (Å²) in [6.07, 6.45) is 2.88. The number of carbonyl (C=O) groups is 1. The van der Waals surface area contributed by atoms with Gasteiger partial charge in [0.25, 0.3) is 5.91 Å². The summed E-state index contributed by atoms with van der Waals surface area (Å²) in [5, 5.41) is 0. The van der Waals surface area contributed by atoms with Gasteiger partial charge in [-0.1, -0.05) is 12.1 Å². The van der Waals surface area contributed by atoms with E-state index in [-0.39, 0.29) is 5.91 Å². The molecule has 0 saturated carbocycles. The third-order valence-corrected chi connectivity index (χ3v) is 4.98. The smallest absolute Gasteiger partial charge is 0.257 e. The van der Waals surface area contributed by atoms with Crippen LogP contribution in [0.15, 0.2) is 42.5 Å². The molecule has 1 amide bonds. The number of piperidine rings is 1. The van der Waals surface area contributed by atoms with E-state index in [0.29, 0.717) is 30.3 Å². The highest BCUT2D eigenvalue weighted by atomic mass is 19.1. The summed E-state index contributed by atoms with van der Waals surface area (Å²) in [6, 6.07) is 12.2. The Morgan fingerprint density at radius 1 is 1.08 bits per heavy atom. The van der Waals surface area contributed by atoms with Crippen molar-refractivity contribution in [2.45, 2.75) is 19.3 Å². The molecule has 1 heterocycles. The Labute approximate surface area is 153 Å². The zero-order chi connectivity index (χ0) is 18.5. The first-order chi connectivity index (χ1) is 12.6. The molecule has 138 valence electrons. The van der Waals surface area contributed by atoms with Crippen molar-refractivity contribution in [3.8, 4) is 11.5 Å². The predicted octanol–water partition coefficient (Wildman–Crippen LogP) is 3.94. The van der Waals surface area contributed by atoms with Crippen molar-refractivity contribution in [2.24, 2.45) is 5.92 Å². The van der Waals surface area contributed by atoms with Crippen LogP contribution in [0.2, 0.25) is 0 Å². The summed E-state index contributed by atoms with van der Waals surface area (Å²) in [7, 11) is 3.15. The van der Waals surface area contributed by atoms with E-state index >= 15 is 0 Å². The number of hydrogen-bond donors (Lipinski definition) is 0. The molecule has 2 aromatic rings. The average molecular weight is 357 g/mol. The molecule has 1 aliphatic heterocycles. The second-order valence-corrected chi connectivity index (χ2v) is 6.63. The Hall–Kier alpha value is -2.56. The van der Waals surface area contributed by atoms with Crippen molar-refractivity contribution in [1.82, 2.24) is 4.90 Å². The van der Waals surface area contributed by atoms with Crippen molar-refractivity contribution in [3.05, 3.63) is 59.4 Å². The first-order valence-corrected chi connectivity index (χ1v) is 8.86. The van der Waals surface area contributed by atoms with Crippen LogP contribution in [0.3, 0.4) is 0 Å². The first-order valence-electron chi connectivity index (χ1n) is 8.86. The molecule has 0 N–H and O–H groups in total. The van der Waals surface area contributed by atoms with Crippen LogP contribution in [0.25, 0.3) is 0 Å². The molecule has 4 nitrogen and oxygen atoms in total. The van der Waals surface area contributed by atoms with Gasteiger partial charge >= 0.3 is 0 Å². The number of amides is 1. The second kappa shape index (κ2) is 8.21. The molecule has 0 spiro atoms. The number of hydrogen-bond acceptors (Lipinski definition) is 3. The number of halogens is 1. The number of likely N-dealkylation sites (tertiary alicyclic amines) is 1. The number of carbonyl (C=O) groups excluding carboxylic acids is 1. The van der Waals surface area contributed by atoms with Gasteiger partial charge in [-0.25, -0.2) is 4.39 Å². The maximum absolute atomic E-state index is 13.5. The quantitative estimate of drug-likeness (QED) is 0.814. The Balaban J connectivity index is 1.59. The molecule has 0 atom stereocenters. The van der Waals surface area contributed by atoms with E-state index in [2.05, 4.69) is 12.1 Å². The maximum atomic E-state index is 13.5. The Morgan fingerprint density at radius 3 is 2.38 bits per heavy atom. The van der Waals surface area contributed by atoms with Gasteiger partial charge < -0.3 is 14.4 Å². The van der Waals surface area contributed by atoms with E-state index in [9.17, 15) is 9.18 Å². The standard InChI is InChI=1S/C21H24FNO3/c1-25-18-6-3-15(4-7-18)13-16-9-11-23(12-10-16)21(24)19-14-17(22)5-8-20(19)26-2/h3-8,14,16H,9-13H2,1-2H3. The molecule has 0 radical (unpaired) electrons. The van der Waals surface area contributed by atoms with Crippen molar-refractivity contribution < 1.29 is 18.7 Å². The van der Waals surface area contributed by atoms with Crippen LogP contribution >= 0.6 is 0 Å². The monoisotopic (exact) mass is 357 g/mol. The molecule has 1 aliphatic rings. The van der Waals surface area contributed by atoms with Crippen LogP contribution in [-0.2, 0) is 6.42 Å². The van der Waals surface area contributed by atoms with Gasteiger partial charge in [-0.2, -0.15) is 0 Å². The SMILES string of the molecule is COc1ccc(CC2CCN(C(=O)c3cc(F)ccc3OC)CC2)cc1. The molecule has 1 fully saturated rings. The molecule has 3 rings (SSSR count). The van der Waals surface area contributed by atoms with Crippen LogP contribution < -0.4 is 9.47 Å². The normalized spacial score (nSPS) is 15.0. The number of ether oxygens (including phenoxy) is 2. The highest BCUT2D eigenvalue weighted by Gasteiger charge is 2.26. The summed E-state index contributed by atoms with van der Waals surface area (Å²) in [5.41, 5.74) is 1.57. The highest BCUT2D eigenvalue weighted by molar-refractivity contribution is 5.97. The number of rotatable bonds is 5. The van der Waals surface area contributed by atoms with Crippen LogP contribution in [0.5, 0.6) is 11.5 Å². The van der Waals surface area contributed by atoms with Gasteiger partial charge in [0, 0.05) is 13.1 Å².